The van der Waals surface area contributed by atoms with E-state index in [0.29, 0.717) is 5.92 Å². The van der Waals surface area contributed by atoms with Crippen LogP contribution in [-0.4, -0.2) is 34.2 Å². The summed E-state index contributed by atoms with van der Waals surface area (Å²) in [6.07, 6.45) is 0.897. The van der Waals surface area contributed by atoms with Crippen LogP contribution in [0.15, 0.2) is 0 Å². The Hall–Kier alpha value is -0.680. The third kappa shape index (κ3) is 1.66. The molecule has 2 heterocycles. The van der Waals surface area contributed by atoms with Gasteiger partial charge in [0.2, 0.25) is 5.13 Å². The van der Waals surface area contributed by atoms with Crippen molar-refractivity contribution in [2.24, 2.45) is 5.92 Å². The van der Waals surface area contributed by atoms with Crippen LogP contribution in [0.3, 0.4) is 0 Å². The molecule has 0 aromatic carbocycles. The zero-order valence-corrected chi connectivity index (χ0v) is 8.42. The SMILES string of the molecule is CCc1nsc(N2CC(CO)C2)n1. The molecule has 13 heavy (non-hydrogen) atoms. The van der Waals surface area contributed by atoms with Crippen molar-refractivity contribution in [2.75, 3.05) is 24.6 Å². The van der Waals surface area contributed by atoms with Gasteiger partial charge in [0.15, 0.2) is 0 Å². The molecular formula is C8H13N3OS. The summed E-state index contributed by atoms with van der Waals surface area (Å²) in [7, 11) is 0. The Kier molecular flexibility index (Phi) is 2.46. The first-order chi connectivity index (χ1) is 6.33. The minimum atomic E-state index is 0.288. The van der Waals surface area contributed by atoms with Gasteiger partial charge in [-0.2, -0.15) is 4.37 Å². The number of aliphatic hydroxyl groups excluding tert-OH is 1. The maximum Gasteiger partial charge on any atom is 0.205 e. The third-order valence-corrected chi connectivity index (χ3v) is 3.07. The van der Waals surface area contributed by atoms with E-state index in [1.54, 1.807) is 0 Å². The maximum absolute atomic E-state index is 8.84. The first-order valence-corrected chi connectivity index (χ1v) is 5.29. The second kappa shape index (κ2) is 3.59. The number of aliphatic hydroxyl groups is 1. The molecule has 1 aromatic heterocycles. The van der Waals surface area contributed by atoms with Crippen LogP contribution >= 0.6 is 11.5 Å². The van der Waals surface area contributed by atoms with Crippen molar-refractivity contribution < 1.29 is 5.11 Å². The predicted octanol–water partition coefficient (Wildman–Crippen LogP) is 0.529. The van der Waals surface area contributed by atoms with Crippen molar-refractivity contribution in [3.63, 3.8) is 0 Å². The van der Waals surface area contributed by atoms with Crippen LogP contribution in [-0.2, 0) is 6.42 Å². The Morgan fingerprint density at radius 3 is 2.92 bits per heavy atom. The summed E-state index contributed by atoms with van der Waals surface area (Å²) in [5.74, 6) is 1.36. The highest BCUT2D eigenvalue weighted by Gasteiger charge is 2.28. The zero-order valence-electron chi connectivity index (χ0n) is 7.60. The van der Waals surface area contributed by atoms with Gasteiger partial charge in [-0.15, -0.1) is 0 Å². The quantitative estimate of drug-likeness (QED) is 0.771. The van der Waals surface area contributed by atoms with Crippen molar-refractivity contribution >= 4 is 16.7 Å². The van der Waals surface area contributed by atoms with E-state index in [0.717, 1.165) is 30.5 Å². The molecule has 2 rings (SSSR count). The Balaban J connectivity index is 1.95. The molecule has 0 amide bonds. The number of aryl methyl sites for hydroxylation is 1. The van der Waals surface area contributed by atoms with Gasteiger partial charge >= 0.3 is 0 Å². The minimum Gasteiger partial charge on any atom is -0.396 e. The lowest BCUT2D eigenvalue weighted by Gasteiger charge is -2.37. The van der Waals surface area contributed by atoms with E-state index in [4.69, 9.17) is 5.11 Å². The molecule has 0 unspecified atom stereocenters. The fraction of sp³-hybridized carbons (Fsp3) is 0.750. The van der Waals surface area contributed by atoms with E-state index in [1.807, 2.05) is 0 Å². The van der Waals surface area contributed by atoms with Gasteiger partial charge in [-0.3, -0.25) is 0 Å². The molecule has 4 nitrogen and oxygen atoms in total. The summed E-state index contributed by atoms with van der Waals surface area (Å²) in [6, 6.07) is 0. The molecule has 0 saturated carbocycles. The van der Waals surface area contributed by atoms with Gasteiger partial charge in [0.05, 0.1) is 0 Å². The average molecular weight is 199 g/mol. The molecule has 1 aromatic rings. The topological polar surface area (TPSA) is 49.2 Å². The standard InChI is InChI=1S/C8H13N3OS/c1-2-7-9-8(13-10-7)11-3-6(4-11)5-12/h6,12H,2-5H2,1H3. The molecule has 5 heteroatoms. The minimum absolute atomic E-state index is 0.288. The summed E-state index contributed by atoms with van der Waals surface area (Å²) in [5.41, 5.74) is 0. The Morgan fingerprint density at radius 1 is 1.62 bits per heavy atom. The molecule has 0 aliphatic carbocycles. The van der Waals surface area contributed by atoms with E-state index in [2.05, 4.69) is 21.2 Å². The summed E-state index contributed by atoms with van der Waals surface area (Å²) in [6.45, 7) is 4.19. The fourth-order valence-electron chi connectivity index (χ4n) is 1.36. The highest BCUT2D eigenvalue weighted by atomic mass is 32.1. The second-order valence-electron chi connectivity index (χ2n) is 3.30. The van der Waals surface area contributed by atoms with Crippen molar-refractivity contribution in [1.82, 2.24) is 9.36 Å². The smallest absolute Gasteiger partial charge is 0.205 e. The molecular weight excluding hydrogens is 186 g/mol. The van der Waals surface area contributed by atoms with E-state index in [9.17, 15) is 0 Å². The van der Waals surface area contributed by atoms with Gasteiger partial charge in [-0.05, 0) is 0 Å². The van der Waals surface area contributed by atoms with Crippen LogP contribution in [0, 0.1) is 5.92 Å². The predicted molar refractivity (Wildman–Crippen MR) is 52.1 cm³/mol. The molecule has 0 atom stereocenters. The Labute approximate surface area is 81.4 Å². The highest BCUT2D eigenvalue weighted by Crippen LogP contribution is 2.25. The van der Waals surface area contributed by atoms with Crippen molar-refractivity contribution in [1.29, 1.82) is 0 Å². The molecule has 0 bridgehead atoms. The Bertz CT molecular complexity index is 283. The van der Waals surface area contributed by atoms with Crippen LogP contribution in [0.5, 0.6) is 0 Å². The van der Waals surface area contributed by atoms with Crippen LogP contribution in [0.25, 0.3) is 0 Å². The number of rotatable bonds is 3. The lowest BCUT2D eigenvalue weighted by atomic mass is 10.0. The maximum atomic E-state index is 8.84. The molecule has 1 aliphatic heterocycles. The first kappa shape index (κ1) is 8.90. The summed E-state index contributed by atoms with van der Waals surface area (Å²) in [4.78, 5) is 6.54. The monoisotopic (exact) mass is 199 g/mol. The zero-order chi connectivity index (χ0) is 9.26. The number of hydrogen-bond donors (Lipinski definition) is 1. The highest BCUT2D eigenvalue weighted by molar-refractivity contribution is 7.09. The lowest BCUT2D eigenvalue weighted by molar-refractivity contribution is 0.200. The molecule has 1 N–H and O–H groups in total. The summed E-state index contributed by atoms with van der Waals surface area (Å²) < 4.78 is 4.21. The number of aromatic nitrogens is 2. The third-order valence-electron chi connectivity index (χ3n) is 2.26. The number of nitrogens with zero attached hydrogens (tertiary/aromatic N) is 3. The van der Waals surface area contributed by atoms with Crippen molar-refractivity contribution in [2.45, 2.75) is 13.3 Å². The normalized spacial score (nSPS) is 17.5. The first-order valence-electron chi connectivity index (χ1n) is 4.52. The van der Waals surface area contributed by atoms with Gasteiger partial charge in [0.25, 0.3) is 0 Å². The molecule has 72 valence electrons. The molecule has 0 radical (unpaired) electrons. The van der Waals surface area contributed by atoms with Crippen LogP contribution in [0.4, 0.5) is 5.13 Å². The van der Waals surface area contributed by atoms with Crippen LogP contribution in [0.1, 0.15) is 12.7 Å². The van der Waals surface area contributed by atoms with E-state index >= 15 is 0 Å². The van der Waals surface area contributed by atoms with E-state index in [-0.39, 0.29) is 6.61 Å². The van der Waals surface area contributed by atoms with E-state index in [1.165, 1.54) is 11.5 Å². The van der Waals surface area contributed by atoms with Crippen LogP contribution < -0.4 is 4.90 Å². The lowest BCUT2D eigenvalue weighted by Crippen LogP contribution is -2.48. The fourth-order valence-corrected chi connectivity index (χ4v) is 2.13. The Morgan fingerprint density at radius 2 is 2.38 bits per heavy atom. The summed E-state index contributed by atoms with van der Waals surface area (Å²) >= 11 is 1.45. The largest absolute Gasteiger partial charge is 0.396 e. The molecule has 1 fully saturated rings. The van der Waals surface area contributed by atoms with Gasteiger partial charge in [0.1, 0.15) is 5.82 Å². The van der Waals surface area contributed by atoms with Gasteiger partial charge in [-0.1, -0.05) is 6.92 Å². The van der Waals surface area contributed by atoms with Crippen molar-refractivity contribution in [3.8, 4) is 0 Å². The van der Waals surface area contributed by atoms with Crippen LogP contribution in [0.2, 0.25) is 0 Å². The van der Waals surface area contributed by atoms with Gasteiger partial charge in [-0.25, -0.2) is 4.98 Å². The molecule has 1 aliphatic rings. The average Bonchev–Trinajstić information content (AvgIpc) is 2.51. The van der Waals surface area contributed by atoms with E-state index < -0.39 is 0 Å². The second-order valence-corrected chi connectivity index (χ2v) is 4.03. The number of anilines is 1. The van der Waals surface area contributed by atoms with Gasteiger partial charge < -0.3 is 10.0 Å². The van der Waals surface area contributed by atoms with Crippen molar-refractivity contribution in [3.05, 3.63) is 5.82 Å². The number of hydrogen-bond acceptors (Lipinski definition) is 5. The summed E-state index contributed by atoms with van der Waals surface area (Å²) in [5, 5.41) is 9.84. The molecule has 1 saturated heterocycles. The molecule has 0 spiro atoms. The van der Waals surface area contributed by atoms with Gasteiger partial charge in [0, 0.05) is 43.6 Å².